The van der Waals surface area contributed by atoms with Crippen molar-refractivity contribution < 1.29 is 28.7 Å². The number of nitrogens with one attached hydrogen (secondary N) is 3. The van der Waals surface area contributed by atoms with Gasteiger partial charge < -0.3 is 25.2 Å². The largest absolute Gasteiger partial charge is 0.444 e. The lowest BCUT2D eigenvalue weighted by Gasteiger charge is -2.40. The van der Waals surface area contributed by atoms with Crippen molar-refractivity contribution in [3.05, 3.63) is 111 Å². The maximum absolute atomic E-state index is 13.8. The third-order valence-corrected chi connectivity index (χ3v) is 15.6. The second kappa shape index (κ2) is 21.7. The highest BCUT2D eigenvalue weighted by Crippen LogP contribution is 2.35. The van der Waals surface area contributed by atoms with Crippen molar-refractivity contribution in [1.29, 1.82) is 0 Å². The van der Waals surface area contributed by atoms with E-state index in [-0.39, 0.29) is 53.9 Å². The number of nitrogens with zero attached hydrogens (tertiary/aromatic N) is 4. The summed E-state index contributed by atoms with van der Waals surface area (Å²) in [7, 11) is 1.72. The fourth-order valence-corrected chi connectivity index (χ4v) is 11.4. The molecule has 384 valence electrons. The van der Waals surface area contributed by atoms with Crippen molar-refractivity contribution >= 4 is 57.2 Å². The number of ether oxygens (including phenoxy) is 1. The van der Waals surface area contributed by atoms with E-state index in [1.54, 1.807) is 16.5 Å². The fourth-order valence-electron chi connectivity index (χ4n) is 11.4. The lowest BCUT2D eigenvalue weighted by atomic mass is 9.80. The van der Waals surface area contributed by atoms with Crippen LogP contribution in [-0.2, 0) is 26.2 Å². The molecule has 4 heterocycles. The Morgan fingerprint density at radius 1 is 0.836 bits per heavy atom. The molecule has 1 aromatic heterocycles. The van der Waals surface area contributed by atoms with Gasteiger partial charge in [0.25, 0.3) is 5.91 Å². The third-order valence-electron chi connectivity index (χ3n) is 15.6. The van der Waals surface area contributed by atoms with Crippen LogP contribution in [0.2, 0.25) is 0 Å². The molecule has 3 N–H and O–H groups in total. The number of imide groups is 1. The fraction of sp³-hybridized carbons (Fsp3) is 0.492. The number of unbranched alkanes of at least 4 members (excludes halogenated alkanes) is 1. The van der Waals surface area contributed by atoms with Gasteiger partial charge in [-0.05, 0) is 156 Å². The van der Waals surface area contributed by atoms with E-state index in [4.69, 9.17) is 4.74 Å². The summed E-state index contributed by atoms with van der Waals surface area (Å²) in [6.07, 6.45) is 10.1. The van der Waals surface area contributed by atoms with Gasteiger partial charge in [-0.15, -0.1) is 0 Å². The van der Waals surface area contributed by atoms with Gasteiger partial charge in [0, 0.05) is 68.8 Å². The predicted octanol–water partition coefficient (Wildman–Crippen LogP) is 9.43. The molecule has 0 radical (unpaired) electrons. The van der Waals surface area contributed by atoms with Gasteiger partial charge in [0.1, 0.15) is 11.6 Å². The number of fused-ring (bicyclic) bond motifs is 2. The first-order valence-electron chi connectivity index (χ1n) is 26.5. The number of carbonyl (C=O) groups is 5. The van der Waals surface area contributed by atoms with E-state index in [0.29, 0.717) is 48.8 Å². The van der Waals surface area contributed by atoms with E-state index in [2.05, 4.69) is 58.1 Å². The Bertz CT molecular complexity index is 3040. The monoisotopic (exact) mass is 990 g/mol. The highest BCUT2D eigenvalue weighted by molar-refractivity contribution is 6.00. The van der Waals surface area contributed by atoms with E-state index in [1.807, 2.05) is 82.0 Å². The summed E-state index contributed by atoms with van der Waals surface area (Å²) in [6, 6.07) is 23.4. The van der Waals surface area contributed by atoms with E-state index in [1.165, 1.54) is 4.57 Å². The molecular weight excluding hydrogens is 919 g/mol. The minimum Gasteiger partial charge on any atom is -0.444 e. The van der Waals surface area contributed by atoms with E-state index >= 15 is 0 Å². The smallest absolute Gasteiger partial charge is 0.410 e. The zero-order valence-electron chi connectivity index (χ0n) is 43.4. The summed E-state index contributed by atoms with van der Waals surface area (Å²) < 4.78 is 8.59. The van der Waals surface area contributed by atoms with Crippen molar-refractivity contribution in [2.24, 2.45) is 18.9 Å². The molecule has 3 saturated heterocycles. The molecule has 3 aliphatic heterocycles. The number of carbonyl (C=O) groups excluding carboxylic acids is 5. The maximum Gasteiger partial charge on any atom is 0.410 e. The molecule has 4 fully saturated rings. The topological polar surface area (TPSA) is 164 Å². The van der Waals surface area contributed by atoms with Gasteiger partial charge in [0.05, 0.1) is 23.1 Å². The highest BCUT2D eigenvalue weighted by Gasteiger charge is 2.35. The van der Waals surface area contributed by atoms with Crippen LogP contribution in [0.1, 0.15) is 155 Å². The molecule has 5 amide bonds. The maximum atomic E-state index is 13.8. The Labute approximate surface area is 428 Å². The number of rotatable bonds is 12. The number of benzene rings is 4. The minimum absolute atomic E-state index is 0.0769. The third kappa shape index (κ3) is 11.7. The molecule has 73 heavy (non-hydrogen) atoms. The first-order chi connectivity index (χ1) is 35.0. The van der Waals surface area contributed by atoms with E-state index in [9.17, 15) is 28.8 Å². The molecule has 5 aromatic rings. The molecule has 14 heteroatoms. The Hall–Kier alpha value is -6.88. The summed E-state index contributed by atoms with van der Waals surface area (Å²) >= 11 is 0. The van der Waals surface area contributed by atoms with Crippen LogP contribution in [0.25, 0.3) is 21.8 Å². The molecule has 0 spiro atoms. The molecular formula is C59H71N7O7. The van der Waals surface area contributed by atoms with Crippen molar-refractivity contribution in [1.82, 2.24) is 29.6 Å². The molecule has 1 unspecified atom stereocenters. The number of anilines is 1. The molecule has 14 nitrogen and oxygen atoms in total. The van der Waals surface area contributed by atoms with Crippen molar-refractivity contribution in [2.45, 2.75) is 141 Å². The number of likely N-dealkylation sites (tertiary alicyclic amines) is 2. The number of imidazole rings is 1. The van der Waals surface area contributed by atoms with Crippen LogP contribution in [-0.4, -0.2) is 86.5 Å². The SMILES string of the molecule is Cc1ccc(NC2CN(C(=O)OC(C)(C)C)C2)cc1C(=O)N[C@H](C)c1ccc(C#CC2CCC(CCCCC(=O)N3CCC(c4ccc5c(c4)n(C)c(=O)n5C4CCC(=O)NC4=O)CC3)CC2)c2ccccc12. The van der Waals surface area contributed by atoms with Crippen LogP contribution in [0.5, 0.6) is 0 Å². The Balaban J connectivity index is 0.706. The summed E-state index contributed by atoms with van der Waals surface area (Å²) in [5.41, 5.74) is 6.14. The normalized spacial score (nSPS) is 20.2. The second-order valence-electron chi connectivity index (χ2n) is 22.0. The summed E-state index contributed by atoms with van der Waals surface area (Å²) in [4.78, 5) is 80.8. The first kappa shape index (κ1) is 51.0. The number of hydrogen-bond acceptors (Lipinski definition) is 8. The van der Waals surface area contributed by atoms with Crippen molar-refractivity contribution in [3.63, 3.8) is 0 Å². The Morgan fingerprint density at radius 3 is 2.30 bits per heavy atom. The minimum atomic E-state index is -0.707. The van der Waals surface area contributed by atoms with Crippen LogP contribution in [0.3, 0.4) is 0 Å². The number of piperidine rings is 2. The van der Waals surface area contributed by atoms with E-state index in [0.717, 1.165) is 115 Å². The quantitative estimate of drug-likeness (QED) is 0.0633. The van der Waals surface area contributed by atoms with Gasteiger partial charge >= 0.3 is 11.8 Å². The summed E-state index contributed by atoms with van der Waals surface area (Å²) in [6.45, 7) is 12.1. The standard InChI is InChI=1S/C59H71N7O7/c1-37-15-24-44(61-45-35-65(36-45)58(72)73-59(3,4)5)34-49(37)55(69)60-38(2)46-25-22-42(47-12-8-9-13-48(46)47)21-20-40-18-16-39(17-19-40)11-7-10-14-54(68)64-31-29-41(30-32-64)43-23-26-50-52(33-43)63(6)57(71)66(50)51-27-28-53(67)62-56(51)70/h8-9,12-13,15,22-26,33-34,38-41,45,51,61H,7,10-11,14,16-19,27-32,35-36H2,1-6H3,(H,60,69)(H,62,67,70)/t38-,39?,40?,51?/m1/s1. The lowest BCUT2D eigenvalue weighted by Crippen LogP contribution is -2.57. The zero-order chi connectivity index (χ0) is 51.6. The van der Waals surface area contributed by atoms with Gasteiger partial charge in [-0.25, -0.2) is 9.59 Å². The van der Waals surface area contributed by atoms with Gasteiger partial charge in [-0.2, -0.15) is 0 Å². The molecule has 1 saturated carbocycles. The van der Waals surface area contributed by atoms with Crippen LogP contribution in [0, 0.1) is 30.6 Å². The molecule has 4 aliphatic rings. The first-order valence-corrected chi connectivity index (χ1v) is 26.5. The molecule has 1 aliphatic carbocycles. The molecule has 2 atom stereocenters. The average molecular weight is 990 g/mol. The van der Waals surface area contributed by atoms with Crippen LogP contribution < -0.4 is 21.6 Å². The highest BCUT2D eigenvalue weighted by atomic mass is 16.6. The van der Waals surface area contributed by atoms with Crippen molar-refractivity contribution in [3.8, 4) is 11.8 Å². The lowest BCUT2D eigenvalue weighted by molar-refractivity contribution is -0.136. The van der Waals surface area contributed by atoms with Crippen LogP contribution in [0.15, 0.2) is 77.6 Å². The van der Waals surface area contributed by atoms with Gasteiger partial charge in [-0.3, -0.25) is 33.6 Å². The molecule has 4 aromatic carbocycles. The number of amides is 5. The van der Waals surface area contributed by atoms with Crippen LogP contribution in [0.4, 0.5) is 10.5 Å². The number of aromatic nitrogens is 2. The average Bonchev–Trinajstić information content (AvgIpc) is 3.60. The number of aryl methyl sites for hydroxylation is 2. The second-order valence-corrected chi connectivity index (χ2v) is 22.0. The van der Waals surface area contributed by atoms with E-state index < -0.39 is 17.6 Å². The van der Waals surface area contributed by atoms with Gasteiger partial charge in [0.15, 0.2) is 0 Å². The molecule has 0 bridgehead atoms. The van der Waals surface area contributed by atoms with Crippen molar-refractivity contribution in [2.75, 3.05) is 31.5 Å². The summed E-state index contributed by atoms with van der Waals surface area (Å²) in [5, 5.41) is 11.3. The predicted molar refractivity (Wildman–Crippen MR) is 284 cm³/mol. The Kier molecular flexibility index (Phi) is 15.2. The molecule has 9 rings (SSSR count). The summed E-state index contributed by atoms with van der Waals surface area (Å²) in [5.74, 6) is 7.82. The zero-order valence-corrected chi connectivity index (χ0v) is 43.4. The Morgan fingerprint density at radius 2 is 1.58 bits per heavy atom. The number of hydrogen-bond donors (Lipinski definition) is 3. The van der Waals surface area contributed by atoms with Gasteiger partial charge in [0.2, 0.25) is 17.7 Å². The van der Waals surface area contributed by atoms with Crippen LogP contribution >= 0.6 is 0 Å². The van der Waals surface area contributed by atoms with Gasteiger partial charge in [-0.1, -0.05) is 67.1 Å².